The minimum atomic E-state index is -0.798. The highest BCUT2D eigenvalue weighted by atomic mass is 79.9. The van der Waals surface area contributed by atoms with E-state index in [4.69, 9.17) is 14.2 Å². The summed E-state index contributed by atoms with van der Waals surface area (Å²) in [7, 11) is 2.93. The number of hydrogen-bond donors (Lipinski definition) is 1. The molecule has 0 saturated carbocycles. The third-order valence-corrected chi connectivity index (χ3v) is 4.00. The van der Waals surface area contributed by atoms with Gasteiger partial charge < -0.3 is 19.5 Å². The van der Waals surface area contributed by atoms with Gasteiger partial charge in [0.15, 0.2) is 11.5 Å². The van der Waals surface area contributed by atoms with Crippen LogP contribution in [-0.2, 0) is 4.74 Å². The van der Waals surface area contributed by atoms with E-state index in [-0.39, 0.29) is 11.3 Å². The van der Waals surface area contributed by atoms with Crippen molar-refractivity contribution in [3.05, 3.63) is 51.7 Å². The topological polar surface area (TPSA) is 56.8 Å². The predicted octanol–water partition coefficient (Wildman–Crippen LogP) is 3.89. The lowest BCUT2D eigenvalue weighted by Crippen LogP contribution is -2.11. The third-order valence-electron chi connectivity index (χ3n) is 3.51. The van der Waals surface area contributed by atoms with E-state index >= 15 is 0 Å². The second kappa shape index (κ2) is 6.08. The van der Waals surface area contributed by atoms with Crippen molar-refractivity contribution in [1.29, 1.82) is 0 Å². The highest BCUT2D eigenvalue weighted by Crippen LogP contribution is 2.42. The van der Waals surface area contributed by atoms with Crippen LogP contribution in [0.25, 0.3) is 0 Å². The van der Waals surface area contributed by atoms with Crippen LogP contribution in [0.2, 0.25) is 0 Å². The largest absolute Gasteiger partial charge is 0.493 e. The summed E-state index contributed by atoms with van der Waals surface area (Å²) >= 11 is 3.20. The van der Waals surface area contributed by atoms with E-state index in [1.165, 1.54) is 20.3 Å². The first-order valence-corrected chi connectivity index (χ1v) is 7.52. The maximum Gasteiger partial charge on any atom is 0.344 e. The van der Waals surface area contributed by atoms with Gasteiger partial charge in [-0.2, -0.15) is 0 Å². The van der Waals surface area contributed by atoms with E-state index in [9.17, 15) is 9.18 Å². The molecule has 1 heterocycles. The van der Waals surface area contributed by atoms with Gasteiger partial charge in [0.05, 0.1) is 19.9 Å². The molecule has 0 aromatic heterocycles. The molecule has 3 rings (SSSR count). The van der Waals surface area contributed by atoms with Crippen molar-refractivity contribution < 1.29 is 23.4 Å². The molecule has 0 unspecified atom stereocenters. The van der Waals surface area contributed by atoms with Gasteiger partial charge in [0, 0.05) is 10.0 Å². The van der Waals surface area contributed by atoms with Crippen LogP contribution < -0.4 is 14.8 Å². The molecule has 1 N–H and O–H groups in total. The maximum atomic E-state index is 14.0. The van der Waals surface area contributed by atoms with Crippen LogP contribution in [0.15, 0.2) is 34.8 Å². The highest BCUT2D eigenvalue weighted by molar-refractivity contribution is 9.10. The molecule has 0 saturated heterocycles. The molecule has 7 heteroatoms. The van der Waals surface area contributed by atoms with Crippen LogP contribution in [0.3, 0.4) is 0 Å². The number of carbonyl (C=O) groups excluding carboxylic acids is 1. The Kier molecular flexibility index (Phi) is 4.12. The molecule has 0 fully saturated rings. The van der Waals surface area contributed by atoms with Gasteiger partial charge >= 0.3 is 5.97 Å². The molecule has 23 heavy (non-hydrogen) atoms. The molecule has 0 radical (unpaired) electrons. The van der Waals surface area contributed by atoms with E-state index in [0.29, 0.717) is 21.5 Å². The highest BCUT2D eigenvalue weighted by Gasteiger charge is 2.36. The summed E-state index contributed by atoms with van der Waals surface area (Å²) in [6.07, 6.45) is -0.798. The van der Waals surface area contributed by atoms with Crippen LogP contribution in [0, 0.1) is 5.82 Å². The molecule has 120 valence electrons. The first-order valence-electron chi connectivity index (χ1n) is 6.72. The Hall–Kier alpha value is -2.28. The van der Waals surface area contributed by atoms with Gasteiger partial charge in [-0.15, -0.1) is 0 Å². The molecular weight excluding hydrogens is 369 g/mol. The number of hydrogen-bond acceptors (Lipinski definition) is 5. The number of halogens is 2. The van der Waals surface area contributed by atoms with E-state index in [1.807, 2.05) is 0 Å². The van der Waals surface area contributed by atoms with Gasteiger partial charge in [0.2, 0.25) is 6.23 Å². The number of anilines is 1. The molecular formula is C16H13BrFNO4. The van der Waals surface area contributed by atoms with Crippen molar-refractivity contribution >= 4 is 27.6 Å². The molecule has 0 aliphatic carbocycles. The Balaban J connectivity index is 1.99. The number of carbonyl (C=O) groups is 1. The minimum Gasteiger partial charge on any atom is -0.493 e. The summed E-state index contributed by atoms with van der Waals surface area (Å²) in [5.41, 5.74) is 1.07. The second-order valence-electron chi connectivity index (χ2n) is 4.82. The number of ether oxygens (including phenoxy) is 3. The number of esters is 1. The standard InChI is InChI=1S/C16H13BrFNO4/c1-21-12-6-4-9-13(14(12)22-2)16(20)23-15(9)19-11-5-3-8(17)7-10(11)18/h3-7,15,19H,1-2H3/t15-/m0/s1. The first-order chi connectivity index (χ1) is 11.0. The van der Waals surface area contributed by atoms with Crippen LogP contribution in [-0.4, -0.2) is 20.2 Å². The number of fused-ring (bicyclic) bond motifs is 1. The third kappa shape index (κ3) is 2.72. The van der Waals surface area contributed by atoms with Crippen LogP contribution >= 0.6 is 15.9 Å². The summed E-state index contributed by atoms with van der Waals surface area (Å²) in [6.45, 7) is 0. The molecule has 1 aliphatic heterocycles. The van der Waals surface area contributed by atoms with Gasteiger partial charge in [-0.25, -0.2) is 9.18 Å². The fraction of sp³-hybridized carbons (Fsp3) is 0.188. The van der Waals surface area contributed by atoms with Crippen molar-refractivity contribution in [2.45, 2.75) is 6.23 Å². The molecule has 5 nitrogen and oxygen atoms in total. The number of rotatable bonds is 4. The van der Waals surface area contributed by atoms with Crippen LogP contribution in [0.1, 0.15) is 22.1 Å². The molecule has 0 amide bonds. The van der Waals surface area contributed by atoms with E-state index in [2.05, 4.69) is 21.2 Å². The average molecular weight is 382 g/mol. The quantitative estimate of drug-likeness (QED) is 0.814. The Bertz CT molecular complexity index is 781. The van der Waals surface area contributed by atoms with Gasteiger partial charge in [-0.1, -0.05) is 15.9 Å². The van der Waals surface area contributed by atoms with Gasteiger partial charge in [-0.3, -0.25) is 0 Å². The van der Waals surface area contributed by atoms with Crippen molar-refractivity contribution in [2.75, 3.05) is 19.5 Å². The van der Waals surface area contributed by atoms with E-state index < -0.39 is 18.0 Å². The lowest BCUT2D eigenvalue weighted by molar-refractivity contribution is 0.0434. The summed E-state index contributed by atoms with van der Waals surface area (Å²) in [5, 5.41) is 2.88. The van der Waals surface area contributed by atoms with Gasteiger partial charge in [0.1, 0.15) is 11.4 Å². The zero-order chi connectivity index (χ0) is 16.6. The molecule has 0 spiro atoms. The molecule has 1 atom stereocenters. The zero-order valence-corrected chi connectivity index (χ0v) is 13.9. The van der Waals surface area contributed by atoms with Crippen LogP contribution in [0.5, 0.6) is 11.5 Å². The van der Waals surface area contributed by atoms with E-state index in [1.54, 1.807) is 24.3 Å². The normalized spacial score (nSPS) is 15.8. The smallest absolute Gasteiger partial charge is 0.344 e. The van der Waals surface area contributed by atoms with Crippen molar-refractivity contribution in [3.8, 4) is 11.5 Å². The number of nitrogens with one attached hydrogen (secondary N) is 1. The Morgan fingerprint density at radius 2 is 2.00 bits per heavy atom. The minimum absolute atomic E-state index is 0.230. The van der Waals surface area contributed by atoms with Crippen molar-refractivity contribution in [3.63, 3.8) is 0 Å². The SMILES string of the molecule is COc1ccc2c(c1OC)C(=O)O[C@@H]2Nc1ccc(Br)cc1F. The fourth-order valence-corrected chi connectivity index (χ4v) is 2.79. The maximum absolute atomic E-state index is 14.0. The zero-order valence-electron chi connectivity index (χ0n) is 12.4. The number of cyclic esters (lactones) is 1. The van der Waals surface area contributed by atoms with Gasteiger partial charge in [-0.05, 0) is 30.3 Å². The lowest BCUT2D eigenvalue weighted by atomic mass is 10.1. The average Bonchev–Trinajstić information content (AvgIpc) is 2.85. The summed E-state index contributed by atoms with van der Waals surface area (Å²) in [6, 6.07) is 7.95. The molecule has 2 aromatic rings. The fourth-order valence-electron chi connectivity index (χ4n) is 2.46. The summed E-state index contributed by atoms with van der Waals surface area (Å²) < 4.78 is 30.3. The predicted molar refractivity (Wildman–Crippen MR) is 85.4 cm³/mol. The number of benzene rings is 2. The Morgan fingerprint density at radius 3 is 2.65 bits per heavy atom. The molecule has 0 bridgehead atoms. The monoisotopic (exact) mass is 381 g/mol. The molecule has 2 aromatic carbocycles. The van der Waals surface area contributed by atoms with Gasteiger partial charge in [0.25, 0.3) is 0 Å². The first kappa shape index (κ1) is 15.6. The second-order valence-corrected chi connectivity index (χ2v) is 5.73. The van der Waals surface area contributed by atoms with E-state index in [0.717, 1.165) is 0 Å². The van der Waals surface area contributed by atoms with Crippen molar-refractivity contribution in [2.24, 2.45) is 0 Å². The molecule has 1 aliphatic rings. The summed E-state index contributed by atoms with van der Waals surface area (Å²) in [5.74, 6) is -0.274. The Labute approximate surface area is 140 Å². The van der Waals surface area contributed by atoms with Crippen molar-refractivity contribution in [1.82, 2.24) is 0 Å². The van der Waals surface area contributed by atoms with Crippen LogP contribution in [0.4, 0.5) is 10.1 Å². The number of methoxy groups -OCH3 is 2. The Morgan fingerprint density at radius 1 is 1.22 bits per heavy atom. The lowest BCUT2D eigenvalue weighted by Gasteiger charge is -2.15. The summed E-state index contributed by atoms with van der Waals surface area (Å²) in [4.78, 5) is 12.2.